The van der Waals surface area contributed by atoms with E-state index in [0.29, 0.717) is 0 Å². The maximum atomic E-state index is 13.2. The van der Waals surface area contributed by atoms with Gasteiger partial charge in [-0.1, -0.05) is 60.2 Å². The van der Waals surface area contributed by atoms with E-state index in [-0.39, 0.29) is 5.82 Å². The predicted octanol–water partition coefficient (Wildman–Crippen LogP) is 5.78. The Balaban J connectivity index is 1.78. The van der Waals surface area contributed by atoms with Gasteiger partial charge in [0.25, 0.3) is 0 Å². The summed E-state index contributed by atoms with van der Waals surface area (Å²) >= 11 is 0. The summed E-state index contributed by atoms with van der Waals surface area (Å²) in [5, 5.41) is 4.91. The van der Waals surface area contributed by atoms with Gasteiger partial charge in [-0.3, -0.25) is 0 Å². The van der Waals surface area contributed by atoms with Crippen molar-refractivity contribution in [3.8, 4) is 22.8 Å². The molecule has 4 aromatic rings. The monoisotopic (exact) mass is 386 g/mol. The molecule has 146 valence electrons. The second kappa shape index (κ2) is 8.31. The van der Waals surface area contributed by atoms with E-state index in [0.717, 1.165) is 46.8 Å². The summed E-state index contributed by atoms with van der Waals surface area (Å²) in [7, 11) is 1.68. The Morgan fingerprint density at radius 1 is 0.862 bits per heavy atom. The van der Waals surface area contributed by atoms with E-state index >= 15 is 0 Å². The normalized spacial score (nSPS) is 10.9. The molecule has 0 amide bonds. The van der Waals surface area contributed by atoms with E-state index in [4.69, 9.17) is 9.84 Å². The lowest BCUT2D eigenvalue weighted by Gasteiger charge is -2.08. The molecule has 0 N–H and O–H groups in total. The van der Waals surface area contributed by atoms with Crippen molar-refractivity contribution >= 4 is 0 Å². The van der Waals surface area contributed by atoms with Gasteiger partial charge in [0.05, 0.1) is 18.5 Å². The molecule has 0 radical (unpaired) electrons. The Labute approximate surface area is 170 Å². The molecule has 1 heterocycles. The molecule has 0 spiro atoms. The van der Waals surface area contributed by atoms with Crippen molar-refractivity contribution in [1.82, 2.24) is 9.78 Å². The van der Waals surface area contributed by atoms with Crippen LogP contribution in [0.5, 0.6) is 5.88 Å². The van der Waals surface area contributed by atoms with Crippen molar-refractivity contribution in [3.05, 3.63) is 101 Å². The largest absolute Gasteiger partial charge is 0.481 e. The molecule has 0 atom stereocenters. The first kappa shape index (κ1) is 18.9. The van der Waals surface area contributed by atoms with Crippen LogP contribution in [0.1, 0.15) is 16.7 Å². The molecule has 1 aromatic heterocycles. The number of benzene rings is 3. The number of aryl methyl sites for hydroxylation is 2. The molecule has 0 saturated carbocycles. The van der Waals surface area contributed by atoms with Gasteiger partial charge in [-0.25, -0.2) is 9.07 Å². The van der Waals surface area contributed by atoms with E-state index in [9.17, 15) is 4.39 Å². The van der Waals surface area contributed by atoms with E-state index in [1.807, 2.05) is 47.1 Å². The van der Waals surface area contributed by atoms with Gasteiger partial charge in [-0.2, -0.15) is 5.10 Å². The van der Waals surface area contributed by atoms with Crippen LogP contribution in [-0.2, 0) is 12.8 Å². The third-order valence-electron chi connectivity index (χ3n) is 5.03. The Kier molecular flexibility index (Phi) is 5.43. The minimum absolute atomic E-state index is 0.219. The number of rotatable bonds is 6. The zero-order valence-electron chi connectivity index (χ0n) is 16.6. The van der Waals surface area contributed by atoms with Gasteiger partial charge >= 0.3 is 0 Å². The van der Waals surface area contributed by atoms with Crippen molar-refractivity contribution in [2.24, 2.45) is 0 Å². The Bertz CT molecular complexity index is 1080. The number of para-hydroxylation sites is 1. The predicted molar refractivity (Wildman–Crippen MR) is 114 cm³/mol. The van der Waals surface area contributed by atoms with Crippen LogP contribution < -0.4 is 4.74 Å². The molecule has 0 aliphatic heterocycles. The molecule has 4 rings (SSSR count). The van der Waals surface area contributed by atoms with E-state index in [2.05, 4.69) is 31.2 Å². The highest BCUT2D eigenvalue weighted by molar-refractivity contribution is 5.67. The summed E-state index contributed by atoms with van der Waals surface area (Å²) in [6.45, 7) is 2.07. The number of methoxy groups -OCH3 is 1. The topological polar surface area (TPSA) is 27.1 Å². The molecule has 3 nitrogen and oxygen atoms in total. The first-order valence-corrected chi connectivity index (χ1v) is 9.68. The van der Waals surface area contributed by atoms with E-state index in [1.165, 1.54) is 17.7 Å². The van der Waals surface area contributed by atoms with Gasteiger partial charge < -0.3 is 4.74 Å². The Morgan fingerprint density at radius 3 is 2.21 bits per heavy atom. The number of nitrogens with zero attached hydrogens (tertiary/aromatic N) is 2. The highest BCUT2D eigenvalue weighted by atomic mass is 19.1. The molecule has 4 heteroatoms. The number of hydrogen-bond donors (Lipinski definition) is 0. The minimum Gasteiger partial charge on any atom is -0.481 e. The molecular weight excluding hydrogens is 363 g/mol. The maximum absolute atomic E-state index is 13.2. The Morgan fingerprint density at radius 2 is 1.55 bits per heavy atom. The van der Waals surface area contributed by atoms with Crippen LogP contribution in [0.25, 0.3) is 16.9 Å². The zero-order valence-corrected chi connectivity index (χ0v) is 16.6. The van der Waals surface area contributed by atoms with Gasteiger partial charge in [0, 0.05) is 11.1 Å². The molecule has 0 bridgehead atoms. The SMILES string of the molecule is COc1c(CCc2ccc(F)cc2)c(-c2ccc(C)cc2)nn1-c1ccccc1. The summed E-state index contributed by atoms with van der Waals surface area (Å²) in [6.07, 6.45) is 1.51. The second-order valence-corrected chi connectivity index (χ2v) is 7.08. The molecule has 0 unspecified atom stereocenters. The van der Waals surface area contributed by atoms with Crippen molar-refractivity contribution in [3.63, 3.8) is 0 Å². The average molecular weight is 386 g/mol. The summed E-state index contributed by atoms with van der Waals surface area (Å²) in [6, 6.07) is 25.0. The first-order valence-electron chi connectivity index (χ1n) is 9.68. The lowest BCUT2D eigenvalue weighted by atomic mass is 10.0. The highest BCUT2D eigenvalue weighted by Crippen LogP contribution is 2.34. The standard InChI is InChI=1S/C25H23FN2O/c1-18-8-13-20(14-9-18)24-23(17-12-19-10-15-21(26)16-11-19)25(29-2)28(27-24)22-6-4-3-5-7-22/h3-11,13-16H,12,17H2,1-2H3. The quantitative estimate of drug-likeness (QED) is 0.420. The molecule has 3 aromatic carbocycles. The molecule has 0 saturated heterocycles. The van der Waals surface area contributed by atoms with Crippen LogP contribution in [0.3, 0.4) is 0 Å². The molecule has 29 heavy (non-hydrogen) atoms. The van der Waals surface area contributed by atoms with E-state index in [1.54, 1.807) is 7.11 Å². The van der Waals surface area contributed by atoms with Crippen LogP contribution in [0.4, 0.5) is 4.39 Å². The van der Waals surface area contributed by atoms with Crippen molar-refractivity contribution in [2.45, 2.75) is 19.8 Å². The van der Waals surface area contributed by atoms with Crippen LogP contribution in [0.15, 0.2) is 78.9 Å². The van der Waals surface area contributed by atoms with Gasteiger partial charge in [-0.05, 0) is 49.6 Å². The van der Waals surface area contributed by atoms with Gasteiger partial charge in [0.1, 0.15) is 5.82 Å². The minimum atomic E-state index is -0.219. The van der Waals surface area contributed by atoms with Crippen molar-refractivity contribution in [1.29, 1.82) is 0 Å². The van der Waals surface area contributed by atoms with Crippen LogP contribution in [-0.4, -0.2) is 16.9 Å². The van der Waals surface area contributed by atoms with Crippen LogP contribution in [0.2, 0.25) is 0 Å². The fourth-order valence-electron chi connectivity index (χ4n) is 3.48. The van der Waals surface area contributed by atoms with Gasteiger partial charge in [-0.15, -0.1) is 0 Å². The van der Waals surface area contributed by atoms with E-state index < -0.39 is 0 Å². The third kappa shape index (κ3) is 4.06. The fraction of sp³-hybridized carbons (Fsp3) is 0.160. The molecule has 0 aliphatic carbocycles. The molecular formula is C25H23FN2O. The lowest BCUT2D eigenvalue weighted by Crippen LogP contribution is -2.01. The van der Waals surface area contributed by atoms with Crippen LogP contribution >= 0.6 is 0 Å². The second-order valence-electron chi connectivity index (χ2n) is 7.08. The first-order chi connectivity index (χ1) is 14.2. The molecule has 0 aliphatic rings. The number of aromatic nitrogens is 2. The Hall–Kier alpha value is -3.40. The number of hydrogen-bond acceptors (Lipinski definition) is 2. The lowest BCUT2D eigenvalue weighted by molar-refractivity contribution is 0.379. The highest BCUT2D eigenvalue weighted by Gasteiger charge is 2.21. The summed E-state index contributed by atoms with van der Waals surface area (Å²) in [5.41, 5.74) is 6.24. The fourth-order valence-corrected chi connectivity index (χ4v) is 3.48. The maximum Gasteiger partial charge on any atom is 0.220 e. The number of ether oxygens (including phenoxy) is 1. The van der Waals surface area contributed by atoms with Gasteiger partial charge in [0.15, 0.2) is 0 Å². The zero-order chi connectivity index (χ0) is 20.2. The summed E-state index contributed by atoms with van der Waals surface area (Å²) in [4.78, 5) is 0. The smallest absolute Gasteiger partial charge is 0.220 e. The van der Waals surface area contributed by atoms with Crippen LogP contribution in [0, 0.1) is 12.7 Å². The van der Waals surface area contributed by atoms with Crippen molar-refractivity contribution in [2.75, 3.05) is 7.11 Å². The average Bonchev–Trinajstić information content (AvgIpc) is 3.13. The van der Waals surface area contributed by atoms with Crippen molar-refractivity contribution < 1.29 is 9.13 Å². The summed E-state index contributed by atoms with van der Waals surface area (Å²) in [5.74, 6) is 0.512. The van der Waals surface area contributed by atoms with Gasteiger partial charge in [0.2, 0.25) is 5.88 Å². The molecule has 0 fully saturated rings. The third-order valence-corrected chi connectivity index (χ3v) is 5.03. The summed E-state index contributed by atoms with van der Waals surface area (Å²) < 4.78 is 20.9. The number of halogens is 1.